The second-order valence-corrected chi connectivity index (χ2v) is 6.64. The highest BCUT2D eigenvalue weighted by atomic mass is 16.5. The summed E-state index contributed by atoms with van der Waals surface area (Å²) in [6.07, 6.45) is 5.85. The van der Waals surface area contributed by atoms with E-state index in [4.69, 9.17) is 10.5 Å². The van der Waals surface area contributed by atoms with Gasteiger partial charge < -0.3 is 10.5 Å². The van der Waals surface area contributed by atoms with Gasteiger partial charge in [-0.25, -0.2) is 0 Å². The van der Waals surface area contributed by atoms with Crippen LogP contribution in [0.2, 0.25) is 0 Å². The van der Waals surface area contributed by atoms with E-state index in [9.17, 15) is 4.79 Å². The summed E-state index contributed by atoms with van der Waals surface area (Å²) in [5.74, 6) is 0.431. The molecule has 2 N–H and O–H groups in total. The first-order chi connectivity index (χ1) is 8.28. The van der Waals surface area contributed by atoms with Gasteiger partial charge in [0.1, 0.15) is 5.78 Å². The van der Waals surface area contributed by atoms with Crippen LogP contribution in [-0.4, -0.2) is 23.5 Å². The van der Waals surface area contributed by atoms with Crippen molar-refractivity contribution < 1.29 is 9.53 Å². The van der Waals surface area contributed by atoms with Crippen LogP contribution in [0.5, 0.6) is 0 Å². The predicted octanol–water partition coefficient (Wildman–Crippen LogP) is 3.06. The number of carbonyl (C=O) groups is 1. The fraction of sp³-hybridized carbons (Fsp3) is 0.933. The topological polar surface area (TPSA) is 52.3 Å². The average Bonchev–Trinajstić information content (AvgIpc) is 2.46. The maximum atomic E-state index is 12.3. The number of unbranched alkanes of at least 4 members (excludes halogenated alkanes) is 3. The molecule has 106 valence electrons. The maximum absolute atomic E-state index is 12.3. The van der Waals surface area contributed by atoms with E-state index in [1.807, 2.05) is 13.8 Å². The summed E-state index contributed by atoms with van der Waals surface area (Å²) in [6.45, 7) is 8.98. The Kier molecular flexibility index (Phi) is 5.35. The van der Waals surface area contributed by atoms with E-state index < -0.39 is 0 Å². The smallest absolute Gasteiger partial charge is 0.138 e. The fourth-order valence-corrected chi connectivity index (χ4v) is 3.04. The molecular formula is C15H29NO2. The van der Waals surface area contributed by atoms with Crippen LogP contribution in [0.3, 0.4) is 0 Å². The fourth-order valence-electron chi connectivity index (χ4n) is 3.04. The third-order valence-corrected chi connectivity index (χ3v) is 3.84. The number of hydrogen-bond donors (Lipinski definition) is 1. The van der Waals surface area contributed by atoms with Crippen LogP contribution in [-0.2, 0) is 9.53 Å². The Morgan fingerprint density at radius 2 is 1.78 bits per heavy atom. The van der Waals surface area contributed by atoms with E-state index in [1.54, 1.807) is 0 Å². The van der Waals surface area contributed by atoms with Crippen molar-refractivity contribution in [3.8, 4) is 0 Å². The van der Waals surface area contributed by atoms with E-state index in [1.165, 1.54) is 0 Å². The molecule has 1 atom stereocenters. The Hall–Kier alpha value is -0.410. The highest BCUT2D eigenvalue weighted by Crippen LogP contribution is 2.42. The van der Waals surface area contributed by atoms with Crippen molar-refractivity contribution in [2.24, 2.45) is 11.7 Å². The van der Waals surface area contributed by atoms with Crippen molar-refractivity contribution in [1.29, 1.82) is 0 Å². The van der Waals surface area contributed by atoms with Gasteiger partial charge in [-0.1, -0.05) is 12.8 Å². The second kappa shape index (κ2) is 6.16. The van der Waals surface area contributed by atoms with E-state index in [0.717, 1.165) is 38.6 Å². The predicted molar refractivity (Wildman–Crippen MR) is 74.5 cm³/mol. The molecule has 1 aliphatic heterocycles. The summed E-state index contributed by atoms with van der Waals surface area (Å²) >= 11 is 0. The van der Waals surface area contributed by atoms with Crippen LogP contribution in [0.15, 0.2) is 0 Å². The molecular weight excluding hydrogens is 226 g/mol. The maximum Gasteiger partial charge on any atom is 0.138 e. The largest absolute Gasteiger partial charge is 0.369 e. The summed E-state index contributed by atoms with van der Waals surface area (Å²) in [4.78, 5) is 12.3. The highest BCUT2D eigenvalue weighted by Gasteiger charge is 2.48. The van der Waals surface area contributed by atoms with Gasteiger partial charge in [-0.2, -0.15) is 0 Å². The Morgan fingerprint density at radius 3 is 2.28 bits per heavy atom. The third kappa shape index (κ3) is 4.36. The van der Waals surface area contributed by atoms with Crippen LogP contribution in [0, 0.1) is 5.92 Å². The molecule has 1 aliphatic rings. The van der Waals surface area contributed by atoms with Crippen molar-refractivity contribution in [2.75, 3.05) is 6.54 Å². The van der Waals surface area contributed by atoms with Crippen molar-refractivity contribution in [2.45, 2.75) is 77.4 Å². The minimum Gasteiger partial charge on any atom is -0.369 e. The van der Waals surface area contributed by atoms with Crippen LogP contribution >= 0.6 is 0 Å². The van der Waals surface area contributed by atoms with Gasteiger partial charge in [0.25, 0.3) is 0 Å². The molecule has 3 nitrogen and oxygen atoms in total. The molecule has 0 aromatic rings. The van der Waals surface area contributed by atoms with Gasteiger partial charge in [-0.15, -0.1) is 0 Å². The van der Waals surface area contributed by atoms with E-state index in [2.05, 4.69) is 13.8 Å². The zero-order valence-electron chi connectivity index (χ0n) is 12.4. The van der Waals surface area contributed by atoms with Gasteiger partial charge in [-0.3, -0.25) is 4.79 Å². The molecule has 1 heterocycles. The summed E-state index contributed by atoms with van der Waals surface area (Å²) < 4.78 is 5.98. The molecule has 0 aromatic carbocycles. The van der Waals surface area contributed by atoms with Crippen LogP contribution in [0.25, 0.3) is 0 Å². The van der Waals surface area contributed by atoms with Gasteiger partial charge >= 0.3 is 0 Å². The number of nitrogens with two attached hydrogens (primary N) is 1. The first-order valence-corrected chi connectivity index (χ1v) is 7.21. The van der Waals surface area contributed by atoms with E-state index in [-0.39, 0.29) is 17.1 Å². The Balaban J connectivity index is 2.38. The first kappa shape index (κ1) is 15.6. The number of carbonyl (C=O) groups excluding carboxylic acids is 1. The molecule has 1 fully saturated rings. The number of hydrogen-bond acceptors (Lipinski definition) is 3. The molecule has 0 radical (unpaired) electrons. The monoisotopic (exact) mass is 255 g/mol. The van der Waals surface area contributed by atoms with Gasteiger partial charge in [0.05, 0.1) is 11.2 Å². The Bertz CT molecular complexity index is 284. The number of ketones is 1. The molecule has 18 heavy (non-hydrogen) atoms. The lowest BCUT2D eigenvalue weighted by Crippen LogP contribution is -2.33. The summed E-state index contributed by atoms with van der Waals surface area (Å²) in [7, 11) is 0. The summed E-state index contributed by atoms with van der Waals surface area (Å²) in [5, 5.41) is 0. The Morgan fingerprint density at radius 1 is 1.17 bits per heavy atom. The lowest BCUT2D eigenvalue weighted by atomic mass is 9.82. The van der Waals surface area contributed by atoms with Crippen molar-refractivity contribution in [3.63, 3.8) is 0 Å². The molecule has 0 aliphatic carbocycles. The molecule has 0 spiro atoms. The van der Waals surface area contributed by atoms with E-state index >= 15 is 0 Å². The molecule has 0 aromatic heterocycles. The molecule has 0 bridgehead atoms. The average molecular weight is 255 g/mol. The van der Waals surface area contributed by atoms with Crippen molar-refractivity contribution in [3.05, 3.63) is 0 Å². The first-order valence-electron chi connectivity index (χ1n) is 7.21. The second-order valence-electron chi connectivity index (χ2n) is 6.64. The quantitative estimate of drug-likeness (QED) is 0.711. The summed E-state index contributed by atoms with van der Waals surface area (Å²) in [5.41, 5.74) is 4.98. The van der Waals surface area contributed by atoms with E-state index in [0.29, 0.717) is 12.2 Å². The normalized spacial score (nSPS) is 25.3. The summed E-state index contributed by atoms with van der Waals surface area (Å²) in [6, 6.07) is 0. The lowest BCUT2D eigenvalue weighted by molar-refractivity contribution is -0.129. The minimum absolute atomic E-state index is 0.0574. The Labute approximate surface area is 111 Å². The number of ether oxygens (including phenoxy) is 1. The molecule has 1 unspecified atom stereocenters. The third-order valence-electron chi connectivity index (χ3n) is 3.84. The molecule has 3 heteroatoms. The van der Waals surface area contributed by atoms with Crippen LogP contribution in [0.4, 0.5) is 0 Å². The highest BCUT2D eigenvalue weighted by molar-refractivity contribution is 5.82. The van der Waals surface area contributed by atoms with Crippen molar-refractivity contribution >= 4 is 5.78 Å². The van der Waals surface area contributed by atoms with Gasteiger partial charge in [0, 0.05) is 12.3 Å². The van der Waals surface area contributed by atoms with Crippen molar-refractivity contribution in [1.82, 2.24) is 0 Å². The van der Waals surface area contributed by atoms with Crippen LogP contribution < -0.4 is 5.73 Å². The zero-order valence-corrected chi connectivity index (χ0v) is 12.4. The molecule has 0 saturated carbocycles. The lowest BCUT2D eigenvalue weighted by Gasteiger charge is -2.26. The molecule has 1 saturated heterocycles. The van der Waals surface area contributed by atoms with Gasteiger partial charge in [-0.05, 0) is 53.5 Å². The molecule has 1 rings (SSSR count). The van der Waals surface area contributed by atoms with Crippen LogP contribution in [0.1, 0.15) is 66.2 Å². The number of rotatable bonds is 7. The standard InChI is InChI=1S/C15H29NO2/c1-14(2)11-12(15(3,4)18-14)13(17)9-7-5-6-8-10-16/h12H,5-11,16H2,1-4H3. The van der Waals surface area contributed by atoms with Gasteiger partial charge in [0.15, 0.2) is 0 Å². The zero-order chi connectivity index (χ0) is 13.8. The van der Waals surface area contributed by atoms with Gasteiger partial charge in [0.2, 0.25) is 0 Å². The SMILES string of the molecule is CC1(C)CC(C(=O)CCCCCCN)C(C)(C)O1. The minimum atomic E-state index is -0.308. The molecule has 0 amide bonds. The number of Topliss-reactive ketones (excluding diaryl/α,β-unsaturated/α-hetero) is 1.